The number of nitrogens with one attached hydrogen (secondary N) is 2. The van der Waals surface area contributed by atoms with Crippen molar-refractivity contribution in [2.24, 2.45) is 0 Å². The molecule has 1 aliphatic carbocycles. The zero-order chi connectivity index (χ0) is 15.1. The lowest BCUT2D eigenvalue weighted by Crippen LogP contribution is -2.42. The predicted molar refractivity (Wildman–Crippen MR) is 95.0 cm³/mol. The van der Waals surface area contributed by atoms with Gasteiger partial charge in [0.05, 0.1) is 6.54 Å². The average molecular weight is 371 g/mol. The maximum Gasteiger partial charge on any atom is 0.238 e. The molecule has 116 valence electrons. The molecule has 21 heavy (non-hydrogen) atoms. The molecule has 2 rings (SSSR count). The topological polar surface area (TPSA) is 41.1 Å². The third kappa shape index (κ3) is 5.31. The van der Waals surface area contributed by atoms with E-state index in [2.05, 4.69) is 32.8 Å². The third-order valence-corrected chi connectivity index (χ3v) is 6.01. The van der Waals surface area contributed by atoms with Gasteiger partial charge in [0.25, 0.3) is 0 Å². The van der Waals surface area contributed by atoms with E-state index in [0.717, 1.165) is 16.7 Å². The van der Waals surface area contributed by atoms with Crippen LogP contribution in [0.2, 0.25) is 0 Å². The minimum atomic E-state index is 0.0179. The first-order valence-corrected chi connectivity index (χ1v) is 9.47. The SMILES string of the molecule is CSC1(CNCC(=O)Nc2ccc(Br)cc2)CCCCC1. The van der Waals surface area contributed by atoms with Gasteiger partial charge in [0.15, 0.2) is 0 Å². The van der Waals surface area contributed by atoms with Crippen LogP contribution in [-0.4, -0.2) is 30.0 Å². The molecule has 0 saturated heterocycles. The smallest absolute Gasteiger partial charge is 0.238 e. The molecular formula is C16H23BrN2OS. The van der Waals surface area contributed by atoms with E-state index in [9.17, 15) is 4.79 Å². The molecule has 1 saturated carbocycles. The van der Waals surface area contributed by atoms with Gasteiger partial charge in [-0.2, -0.15) is 11.8 Å². The molecule has 2 N–H and O–H groups in total. The second-order valence-electron chi connectivity index (χ2n) is 5.61. The van der Waals surface area contributed by atoms with Gasteiger partial charge in [-0.05, 0) is 43.4 Å². The van der Waals surface area contributed by atoms with Crippen molar-refractivity contribution in [2.45, 2.75) is 36.9 Å². The summed E-state index contributed by atoms with van der Waals surface area (Å²) in [6, 6.07) is 7.64. The maximum absolute atomic E-state index is 11.9. The van der Waals surface area contributed by atoms with Crippen molar-refractivity contribution in [3.63, 3.8) is 0 Å². The summed E-state index contributed by atoms with van der Waals surface area (Å²) in [6.45, 7) is 1.29. The summed E-state index contributed by atoms with van der Waals surface area (Å²) < 4.78 is 1.34. The summed E-state index contributed by atoms with van der Waals surface area (Å²) in [7, 11) is 0. The van der Waals surface area contributed by atoms with E-state index in [1.165, 1.54) is 32.1 Å². The highest BCUT2D eigenvalue weighted by Gasteiger charge is 2.30. The molecule has 1 aliphatic rings. The fraction of sp³-hybridized carbons (Fsp3) is 0.562. The van der Waals surface area contributed by atoms with Crippen LogP contribution in [0, 0.1) is 0 Å². The summed E-state index contributed by atoms with van der Waals surface area (Å²) in [4.78, 5) is 11.9. The van der Waals surface area contributed by atoms with Gasteiger partial charge < -0.3 is 10.6 Å². The molecule has 0 aromatic heterocycles. The van der Waals surface area contributed by atoms with Crippen LogP contribution < -0.4 is 10.6 Å². The summed E-state index contributed by atoms with van der Waals surface area (Å²) >= 11 is 5.34. The van der Waals surface area contributed by atoms with Crippen LogP contribution in [0.25, 0.3) is 0 Å². The van der Waals surface area contributed by atoms with Crippen LogP contribution in [0.1, 0.15) is 32.1 Å². The van der Waals surface area contributed by atoms with E-state index in [1.807, 2.05) is 36.0 Å². The number of benzene rings is 1. The van der Waals surface area contributed by atoms with Crippen LogP contribution in [-0.2, 0) is 4.79 Å². The van der Waals surface area contributed by atoms with Gasteiger partial charge in [-0.1, -0.05) is 35.2 Å². The second-order valence-corrected chi connectivity index (χ2v) is 7.80. The summed E-state index contributed by atoms with van der Waals surface area (Å²) in [5.74, 6) is 0.0179. The number of hydrogen-bond acceptors (Lipinski definition) is 3. The molecule has 1 aromatic carbocycles. The number of amides is 1. The first-order valence-electron chi connectivity index (χ1n) is 7.45. The van der Waals surface area contributed by atoms with E-state index < -0.39 is 0 Å². The molecule has 0 heterocycles. The first-order chi connectivity index (χ1) is 10.1. The Morgan fingerprint density at radius 3 is 2.52 bits per heavy atom. The van der Waals surface area contributed by atoms with E-state index in [1.54, 1.807) is 0 Å². The van der Waals surface area contributed by atoms with E-state index in [-0.39, 0.29) is 5.91 Å². The number of hydrogen-bond donors (Lipinski definition) is 2. The Kier molecular flexibility index (Phi) is 6.58. The predicted octanol–water partition coefficient (Wildman–Crippen LogP) is 4.04. The van der Waals surface area contributed by atoms with Gasteiger partial charge in [-0.15, -0.1) is 0 Å². The Morgan fingerprint density at radius 1 is 1.24 bits per heavy atom. The van der Waals surface area contributed by atoms with Crippen molar-refractivity contribution in [2.75, 3.05) is 24.7 Å². The van der Waals surface area contributed by atoms with Crippen LogP contribution in [0.5, 0.6) is 0 Å². The summed E-state index contributed by atoms with van der Waals surface area (Å²) in [5, 5.41) is 6.24. The Morgan fingerprint density at radius 2 is 1.90 bits per heavy atom. The van der Waals surface area contributed by atoms with Gasteiger partial charge in [0, 0.05) is 21.5 Å². The third-order valence-electron chi connectivity index (χ3n) is 4.06. The maximum atomic E-state index is 11.9. The quantitative estimate of drug-likeness (QED) is 0.793. The molecule has 1 aromatic rings. The molecule has 0 bridgehead atoms. The minimum absolute atomic E-state index is 0.0179. The summed E-state index contributed by atoms with van der Waals surface area (Å²) in [5.41, 5.74) is 0.835. The lowest BCUT2D eigenvalue weighted by molar-refractivity contribution is -0.115. The zero-order valence-electron chi connectivity index (χ0n) is 12.5. The lowest BCUT2D eigenvalue weighted by atomic mass is 9.88. The van der Waals surface area contributed by atoms with Gasteiger partial charge in [0.1, 0.15) is 0 Å². The van der Waals surface area contributed by atoms with Crippen LogP contribution in [0.3, 0.4) is 0 Å². The van der Waals surface area contributed by atoms with E-state index >= 15 is 0 Å². The highest BCUT2D eigenvalue weighted by molar-refractivity contribution is 9.10. The molecule has 1 fully saturated rings. The average Bonchev–Trinajstić information content (AvgIpc) is 2.50. The number of anilines is 1. The van der Waals surface area contributed by atoms with Gasteiger partial charge >= 0.3 is 0 Å². The fourth-order valence-electron chi connectivity index (χ4n) is 2.79. The van der Waals surface area contributed by atoms with Crippen molar-refractivity contribution in [1.29, 1.82) is 0 Å². The summed E-state index contributed by atoms with van der Waals surface area (Å²) in [6.07, 6.45) is 8.69. The minimum Gasteiger partial charge on any atom is -0.325 e. The van der Waals surface area contributed by atoms with Crippen molar-refractivity contribution in [3.05, 3.63) is 28.7 Å². The standard InChI is InChI=1S/C16H23BrN2OS/c1-21-16(9-3-2-4-10-16)12-18-11-15(20)19-14-7-5-13(17)6-8-14/h5-8,18H,2-4,9-12H2,1H3,(H,19,20). The number of carbonyl (C=O) groups is 1. The van der Waals surface area contributed by atoms with Crippen molar-refractivity contribution >= 4 is 39.3 Å². The Bertz CT molecular complexity index is 458. The van der Waals surface area contributed by atoms with Gasteiger partial charge in [-0.3, -0.25) is 4.79 Å². The van der Waals surface area contributed by atoms with Crippen molar-refractivity contribution in [1.82, 2.24) is 5.32 Å². The highest BCUT2D eigenvalue weighted by Crippen LogP contribution is 2.37. The fourth-order valence-corrected chi connectivity index (χ4v) is 4.00. The van der Waals surface area contributed by atoms with Crippen LogP contribution in [0.15, 0.2) is 28.7 Å². The van der Waals surface area contributed by atoms with Gasteiger partial charge in [0.2, 0.25) is 5.91 Å². The molecule has 0 unspecified atom stereocenters. The number of rotatable bonds is 6. The Labute approximate surface area is 139 Å². The molecule has 3 nitrogen and oxygen atoms in total. The van der Waals surface area contributed by atoms with Crippen LogP contribution in [0.4, 0.5) is 5.69 Å². The normalized spacial score (nSPS) is 17.4. The Hall–Kier alpha value is -0.520. The highest BCUT2D eigenvalue weighted by atomic mass is 79.9. The molecule has 0 atom stereocenters. The number of carbonyl (C=O) groups excluding carboxylic acids is 1. The molecule has 0 spiro atoms. The first kappa shape index (κ1) is 16.8. The molecule has 0 aliphatic heterocycles. The van der Waals surface area contributed by atoms with Crippen molar-refractivity contribution < 1.29 is 4.79 Å². The van der Waals surface area contributed by atoms with Crippen molar-refractivity contribution in [3.8, 4) is 0 Å². The lowest BCUT2D eigenvalue weighted by Gasteiger charge is -2.36. The molecule has 1 amide bonds. The monoisotopic (exact) mass is 370 g/mol. The second kappa shape index (κ2) is 8.20. The van der Waals surface area contributed by atoms with Crippen LogP contribution >= 0.6 is 27.7 Å². The molecule has 5 heteroatoms. The zero-order valence-corrected chi connectivity index (χ0v) is 14.9. The van der Waals surface area contributed by atoms with Gasteiger partial charge in [-0.25, -0.2) is 0 Å². The molecular weight excluding hydrogens is 348 g/mol. The van der Waals surface area contributed by atoms with E-state index in [0.29, 0.717) is 11.3 Å². The largest absolute Gasteiger partial charge is 0.325 e. The number of thioether (sulfide) groups is 1. The van der Waals surface area contributed by atoms with E-state index in [4.69, 9.17) is 0 Å². The molecule has 0 radical (unpaired) electrons. The number of halogens is 1. The Balaban J connectivity index is 1.74.